The molecule has 0 amide bonds. The molecule has 20 heavy (non-hydrogen) atoms. The first kappa shape index (κ1) is 15.3. The summed E-state index contributed by atoms with van der Waals surface area (Å²) in [6.45, 7) is 1.98. The Bertz CT molecular complexity index is 390. The predicted molar refractivity (Wildman–Crippen MR) is 76.7 cm³/mol. The molecule has 1 aromatic rings. The highest BCUT2D eigenvalue weighted by molar-refractivity contribution is 5.30. The van der Waals surface area contributed by atoms with E-state index in [1.807, 2.05) is 31.2 Å². The first-order chi connectivity index (χ1) is 9.70. The van der Waals surface area contributed by atoms with E-state index in [2.05, 4.69) is 0 Å². The largest absolute Gasteiger partial charge is 0.467 e. The molecule has 1 saturated carbocycles. The molecule has 112 valence electrons. The summed E-state index contributed by atoms with van der Waals surface area (Å²) in [6, 6.07) is 7.93. The van der Waals surface area contributed by atoms with Gasteiger partial charge in [0.25, 0.3) is 0 Å². The Morgan fingerprint density at radius 2 is 1.90 bits per heavy atom. The van der Waals surface area contributed by atoms with E-state index in [0.29, 0.717) is 0 Å². The van der Waals surface area contributed by atoms with Crippen LogP contribution in [0.5, 0.6) is 5.75 Å². The number of rotatable bonds is 6. The van der Waals surface area contributed by atoms with E-state index < -0.39 is 0 Å². The number of aliphatic hydroxyl groups is 1. The van der Waals surface area contributed by atoms with Gasteiger partial charge in [0.05, 0.1) is 6.10 Å². The van der Waals surface area contributed by atoms with Crippen LogP contribution in [0.2, 0.25) is 0 Å². The van der Waals surface area contributed by atoms with Gasteiger partial charge in [0.1, 0.15) is 5.75 Å². The maximum Gasteiger partial charge on any atom is 0.191 e. The van der Waals surface area contributed by atoms with Gasteiger partial charge in [-0.1, -0.05) is 25.0 Å². The lowest BCUT2D eigenvalue weighted by atomic mass is 9.82. The van der Waals surface area contributed by atoms with E-state index in [1.54, 1.807) is 7.11 Å². The van der Waals surface area contributed by atoms with Crippen molar-refractivity contribution in [3.63, 3.8) is 0 Å². The number of aliphatic hydroxyl groups excluding tert-OH is 1. The maximum absolute atomic E-state index is 10.1. The van der Waals surface area contributed by atoms with Crippen molar-refractivity contribution in [2.45, 2.75) is 50.9 Å². The van der Waals surface area contributed by atoms with Crippen LogP contribution in [-0.2, 0) is 9.47 Å². The van der Waals surface area contributed by atoms with Crippen molar-refractivity contribution in [3.05, 3.63) is 29.8 Å². The Morgan fingerprint density at radius 1 is 1.20 bits per heavy atom. The lowest BCUT2D eigenvalue weighted by Crippen LogP contribution is -2.22. The normalized spacial score (nSPS) is 24.4. The summed E-state index contributed by atoms with van der Waals surface area (Å²) in [7, 11) is 1.59. The lowest BCUT2D eigenvalue weighted by molar-refractivity contribution is -0.149. The van der Waals surface area contributed by atoms with Crippen molar-refractivity contribution in [1.29, 1.82) is 0 Å². The molecule has 0 saturated heterocycles. The third-order valence-electron chi connectivity index (χ3n) is 3.90. The fraction of sp³-hybridized carbons (Fsp3) is 0.625. The number of hydrogen-bond donors (Lipinski definition) is 1. The van der Waals surface area contributed by atoms with Crippen LogP contribution >= 0.6 is 0 Å². The highest BCUT2D eigenvalue weighted by Gasteiger charge is 2.24. The first-order valence-electron chi connectivity index (χ1n) is 7.26. The summed E-state index contributed by atoms with van der Waals surface area (Å²) in [5.74, 6) is 1.03. The van der Waals surface area contributed by atoms with Crippen molar-refractivity contribution in [1.82, 2.24) is 0 Å². The van der Waals surface area contributed by atoms with E-state index >= 15 is 0 Å². The molecule has 4 heteroatoms. The van der Waals surface area contributed by atoms with E-state index in [9.17, 15) is 5.11 Å². The zero-order chi connectivity index (χ0) is 14.4. The van der Waals surface area contributed by atoms with Crippen molar-refractivity contribution in [2.75, 3.05) is 13.9 Å². The molecular formula is C16H24O4. The SMILES string of the molecule is COC(C)OCOc1ccc(C2CCCCC2O)cc1. The summed E-state index contributed by atoms with van der Waals surface area (Å²) in [4.78, 5) is 0. The van der Waals surface area contributed by atoms with Crippen LogP contribution in [0, 0.1) is 0 Å². The van der Waals surface area contributed by atoms with Crippen LogP contribution in [-0.4, -0.2) is 31.4 Å². The van der Waals surface area contributed by atoms with Crippen LogP contribution in [0.1, 0.15) is 44.1 Å². The van der Waals surface area contributed by atoms with E-state index in [0.717, 1.165) is 25.0 Å². The summed E-state index contributed by atoms with van der Waals surface area (Å²) in [5.41, 5.74) is 1.19. The number of benzene rings is 1. The Morgan fingerprint density at radius 3 is 2.55 bits per heavy atom. The van der Waals surface area contributed by atoms with Crippen LogP contribution in [0.15, 0.2) is 24.3 Å². The molecule has 0 heterocycles. The van der Waals surface area contributed by atoms with Gasteiger partial charge < -0.3 is 19.3 Å². The average Bonchev–Trinajstić information content (AvgIpc) is 2.48. The minimum absolute atomic E-state index is 0.167. The molecule has 0 radical (unpaired) electrons. The molecular weight excluding hydrogens is 256 g/mol. The third kappa shape index (κ3) is 4.20. The molecule has 0 spiro atoms. The molecule has 4 nitrogen and oxygen atoms in total. The zero-order valence-electron chi connectivity index (χ0n) is 12.2. The smallest absolute Gasteiger partial charge is 0.191 e. The van der Waals surface area contributed by atoms with Gasteiger partial charge in [-0.25, -0.2) is 0 Å². The van der Waals surface area contributed by atoms with Crippen LogP contribution in [0.3, 0.4) is 0 Å². The number of hydrogen-bond acceptors (Lipinski definition) is 4. The second kappa shape index (κ2) is 7.62. The Hall–Kier alpha value is -1.10. The summed E-state index contributed by atoms with van der Waals surface area (Å²) in [6.07, 6.45) is 3.83. The van der Waals surface area contributed by atoms with Gasteiger partial charge in [0.15, 0.2) is 13.1 Å². The fourth-order valence-electron chi connectivity index (χ4n) is 2.58. The van der Waals surface area contributed by atoms with Gasteiger partial charge in [-0.2, -0.15) is 0 Å². The van der Waals surface area contributed by atoms with E-state index in [1.165, 1.54) is 12.0 Å². The molecule has 1 aromatic carbocycles. The Labute approximate surface area is 120 Å². The molecule has 1 N–H and O–H groups in total. The van der Waals surface area contributed by atoms with Gasteiger partial charge in [-0.05, 0) is 37.5 Å². The number of ether oxygens (including phenoxy) is 3. The van der Waals surface area contributed by atoms with Crippen molar-refractivity contribution in [2.24, 2.45) is 0 Å². The molecule has 0 aliphatic heterocycles. The predicted octanol–water partition coefficient (Wildman–Crippen LogP) is 3.05. The topological polar surface area (TPSA) is 47.9 Å². The lowest BCUT2D eigenvalue weighted by Gasteiger charge is -2.28. The molecule has 2 rings (SSSR count). The van der Waals surface area contributed by atoms with Crippen molar-refractivity contribution in [3.8, 4) is 5.75 Å². The highest BCUT2D eigenvalue weighted by Crippen LogP contribution is 2.33. The van der Waals surface area contributed by atoms with Gasteiger partial charge in [0, 0.05) is 13.0 Å². The van der Waals surface area contributed by atoms with E-state index in [-0.39, 0.29) is 25.1 Å². The Balaban J connectivity index is 1.86. The number of methoxy groups -OCH3 is 1. The third-order valence-corrected chi connectivity index (χ3v) is 3.90. The monoisotopic (exact) mass is 280 g/mol. The molecule has 3 atom stereocenters. The highest BCUT2D eigenvalue weighted by atomic mass is 16.7. The summed E-state index contributed by atoms with van der Waals surface area (Å²) in [5, 5.41) is 10.1. The molecule has 3 unspecified atom stereocenters. The summed E-state index contributed by atoms with van der Waals surface area (Å²) < 4.78 is 15.7. The van der Waals surface area contributed by atoms with Crippen LogP contribution < -0.4 is 4.74 Å². The van der Waals surface area contributed by atoms with Crippen molar-refractivity contribution < 1.29 is 19.3 Å². The molecule has 0 bridgehead atoms. The first-order valence-corrected chi connectivity index (χ1v) is 7.26. The second-order valence-electron chi connectivity index (χ2n) is 5.26. The molecule has 1 aliphatic rings. The summed E-state index contributed by atoms with van der Waals surface area (Å²) >= 11 is 0. The Kier molecular flexibility index (Phi) is 5.83. The molecule has 1 fully saturated rings. The van der Waals surface area contributed by atoms with Gasteiger partial charge >= 0.3 is 0 Å². The minimum Gasteiger partial charge on any atom is -0.467 e. The van der Waals surface area contributed by atoms with E-state index in [4.69, 9.17) is 14.2 Å². The average molecular weight is 280 g/mol. The standard InChI is InChI=1S/C16H24O4/c1-12(18-2)19-11-20-14-9-7-13(8-10-14)15-5-3-4-6-16(15)17/h7-10,12,15-17H,3-6,11H2,1-2H3. The molecule has 1 aliphatic carbocycles. The maximum atomic E-state index is 10.1. The van der Waals surface area contributed by atoms with Crippen LogP contribution in [0.25, 0.3) is 0 Å². The zero-order valence-corrected chi connectivity index (χ0v) is 12.2. The molecule has 0 aromatic heterocycles. The van der Waals surface area contributed by atoms with Gasteiger partial charge in [0.2, 0.25) is 0 Å². The fourth-order valence-corrected chi connectivity index (χ4v) is 2.58. The van der Waals surface area contributed by atoms with Crippen LogP contribution in [0.4, 0.5) is 0 Å². The van der Waals surface area contributed by atoms with Gasteiger partial charge in [-0.3, -0.25) is 0 Å². The second-order valence-corrected chi connectivity index (χ2v) is 5.26. The van der Waals surface area contributed by atoms with Crippen molar-refractivity contribution >= 4 is 0 Å². The van der Waals surface area contributed by atoms with Gasteiger partial charge in [-0.15, -0.1) is 0 Å². The minimum atomic E-state index is -0.272. The quantitative estimate of drug-likeness (QED) is 0.814.